The van der Waals surface area contributed by atoms with Crippen LogP contribution in [-0.2, 0) is 6.42 Å². The maximum absolute atomic E-state index is 12.5. The minimum absolute atomic E-state index is 0.00266. The zero-order valence-electron chi connectivity index (χ0n) is 12.1. The summed E-state index contributed by atoms with van der Waals surface area (Å²) in [6.07, 6.45) is 2.49. The molecule has 1 aromatic heterocycles. The topological polar surface area (TPSA) is 56.0 Å². The number of rotatable bonds is 4. The van der Waals surface area contributed by atoms with Crippen LogP contribution < -0.4 is 5.73 Å². The molecule has 2 aromatic carbocycles. The second kappa shape index (κ2) is 6.22. The van der Waals surface area contributed by atoms with E-state index in [0.717, 1.165) is 11.3 Å². The summed E-state index contributed by atoms with van der Waals surface area (Å²) in [5.41, 5.74) is 9.69. The van der Waals surface area contributed by atoms with E-state index in [1.54, 1.807) is 30.5 Å². The van der Waals surface area contributed by atoms with E-state index < -0.39 is 0 Å². The number of carbonyl (C=O) groups excluding carboxylic acids is 1. The lowest BCUT2D eigenvalue weighted by Crippen LogP contribution is -2.02. The lowest BCUT2D eigenvalue weighted by Gasteiger charge is -2.05. The Balaban J connectivity index is 1.84. The lowest BCUT2D eigenvalue weighted by atomic mass is 9.99. The molecule has 0 atom stereocenters. The Morgan fingerprint density at radius 1 is 0.909 bits per heavy atom. The van der Waals surface area contributed by atoms with Crippen molar-refractivity contribution >= 4 is 11.5 Å². The maximum Gasteiger partial charge on any atom is 0.193 e. The van der Waals surface area contributed by atoms with Crippen molar-refractivity contribution in [2.75, 3.05) is 5.73 Å². The molecular formula is C19H16N2O. The molecule has 3 nitrogen and oxygen atoms in total. The number of anilines is 1. The van der Waals surface area contributed by atoms with E-state index >= 15 is 0 Å². The van der Waals surface area contributed by atoms with Gasteiger partial charge in [0, 0.05) is 35.1 Å². The molecule has 3 aromatic rings. The molecule has 108 valence electrons. The summed E-state index contributed by atoms with van der Waals surface area (Å²) in [6, 6.07) is 20.5. The first kappa shape index (κ1) is 14.0. The molecule has 0 saturated carbocycles. The number of pyridine rings is 1. The SMILES string of the molecule is Nc1ccc(C(=O)c2cccc(Cc3ccccn3)c2)cc1. The molecule has 0 amide bonds. The van der Waals surface area contributed by atoms with E-state index in [4.69, 9.17) is 5.73 Å². The molecule has 0 fully saturated rings. The van der Waals surface area contributed by atoms with E-state index in [2.05, 4.69) is 4.98 Å². The number of carbonyl (C=O) groups is 1. The van der Waals surface area contributed by atoms with E-state index in [9.17, 15) is 4.79 Å². The van der Waals surface area contributed by atoms with Gasteiger partial charge in [-0.2, -0.15) is 0 Å². The molecule has 0 spiro atoms. The maximum atomic E-state index is 12.5. The van der Waals surface area contributed by atoms with Crippen LogP contribution in [0, 0.1) is 0 Å². The van der Waals surface area contributed by atoms with Crippen molar-refractivity contribution in [3.05, 3.63) is 95.3 Å². The summed E-state index contributed by atoms with van der Waals surface area (Å²) in [5, 5.41) is 0. The first-order valence-corrected chi connectivity index (χ1v) is 7.11. The smallest absolute Gasteiger partial charge is 0.193 e. The molecule has 2 N–H and O–H groups in total. The Morgan fingerprint density at radius 3 is 2.45 bits per heavy atom. The summed E-state index contributed by atoms with van der Waals surface area (Å²) < 4.78 is 0. The van der Waals surface area contributed by atoms with Crippen LogP contribution in [0.5, 0.6) is 0 Å². The van der Waals surface area contributed by atoms with Gasteiger partial charge in [0.2, 0.25) is 0 Å². The average Bonchev–Trinajstić information content (AvgIpc) is 2.56. The van der Waals surface area contributed by atoms with E-state index in [-0.39, 0.29) is 5.78 Å². The Labute approximate surface area is 129 Å². The fraction of sp³-hybridized carbons (Fsp3) is 0.0526. The van der Waals surface area contributed by atoms with Crippen LogP contribution in [0.3, 0.4) is 0 Å². The van der Waals surface area contributed by atoms with Crippen LogP contribution in [-0.4, -0.2) is 10.8 Å². The summed E-state index contributed by atoms with van der Waals surface area (Å²) >= 11 is 0. The highest BCUT2D eigenvalue weighted by atomic mass is 16.1. The van der Waals surface area contributed by atoms with Crippen molar-refractivity contribution in [2.45, 2.75) is 6.42 Å². The summed E-state index contributed by atoms with van der Waals surface area (Å²) in [7, 11) is 0. The van der Waals surface area contributed by atoms with Gasteiger partial charge in [-0.05, 0) is 48.0 Å². The predicted octanol–water partition coefficient (Wildman–Crippen LogP) is 3.49. The second-order valence-electron chi connectivity index (χ2n) is 5.15. The number of nitrogens with two attached hydrogens (primary N) is 1. The Kier molecular flexibility index (Phi) is 3.97. The molecule has 0 bridgehead atoms. The van der Waals surface area contributed by atoms with E-state index in [1.165, 1.54) is 0 Å². The van der Waals surface area contributed by atoms with Gasteiger partial charge < -0.3 is 5.73 Å². The van der Waals surface area contributed by atoms with Gasteiger partial charge >= 0.3 is 0 Å². The van der Waals surface area contributed by atoms with Crippen molar-refractivity contribution in [1.82, 2.24) is 4.98 Å². The van der Waals surface area contributed by atoms with E-state index in [0.29, 0.717) is 23.2 Å². The third-order valence-corrected chi connectivity index (χ3v) is 3.47. The zero-order chi connectivity index (χ0) is 15.4. The normalized spacial score (nSPS) is 10.4. The van der Waals surface area contributed by atoms with Gasteiger partial charge in [0.05, 0.1) is 0 Å². The molecule has 0 unspecified atom stereocenters. The first-order chi connectivity index (χ1) is 10.7. The van der Waals surface area contributed by atoms with Crippen molar-refractivity contribution in [2.24, 2.45) is 0 Å². The summed E-state index contributed by atoms with van der Waals surface area (Å²) in [4.78, 5) is 16.8. The standard InChI is InChI=1S/C19H16N2O/c20-17-9-7-15(8-10-17)19(22)16-5-3-4-14(12-16)13-18-6-1-2-11-21-18/h1-12H,13,20H2. The van der Waals surface area contributed by atoms with Crippen molar-refractivity contribution in [3.63, 3.8) is 0 Å². The second-order valence-corrected chi connectivity index (χ2v) is 5.15. The van der Waals surface area contributed by atoms with Gasteiger partial charge in [-0.25, -0.2) is 0 Å². The number of aromatic nitrogens is 1. The van der Waals surface area contributed by atoms with Crippen LogP contribution >= 0.6 is 0 Å². The first-order valence-electron chi connectivity index (χ1n) is 7.11. The van der Waals surface area contributed by atoms with Gasteiger partial charge in [-0.15, -0.1) is 0 Å². The average molecular weight is 288 g/mol. The molecule has 0 radical (unpaired) electrons. The van der Waals surface area contributed by atoms with E-state index in [1.807, 2.05) is 42.5 Å². The molecule has 0 aliphatic carbocycles. The molecule has 22 heavy (non-hydrogen) atoms. The molecule has 1 heterocycles. The van der Waals surface area contributed by atoms with Crippen LogP contribution in [0.15, 0.2) is 72.9 Å². The summed E-state index contributed by atoms with van der Waals surface area (Å²) in [6.45, 7) is 0. The van der Waals surface area contributed by atoms with Gasteiger partial charge in [0.15, 0.2) is 5.78 Å². The number of nitrogen functional groups attached to an aromatic ring is 1. The van der Waals surface area contributed by atoms with Crippen molar-refractivity contribution in [1.29, 1.82) is 0 Å². The predicted molar refractivity (Wildman–Crippen MR) is 87.8 cm³/mol. The molecular weight excluding hydrogens is 272 g/mol. The summed E-state index contributed by atoms with van der Waals surface area (Å²) in [5.74, 6) is 0.00266. The minimum atomic E-state index is 0.00266. The molecule has 3 rings (SSSR count). The van der Waals surface area contributed by atoms with Crippen molar-refractivity contribution < 1.29 is 4.79 Å². The molecule has 3 heteroatoms. The highest BCUT2D eigenvalue weighted by Gasteiger charge is 2.09. The number of ketones is 1. The third kappa shape index (κ3) is 3.20. The van der Waals surface area contributed by atoms with Crippen LogP contribution in [0.25, 0.3) is 0 Å². The Morgan fingerprint density at radius 2 is 1.73 bits per heavy atom. The largest absolute Gasteiger partial charge is 0.399 e. The highest BCUT2D eigenvalue weighted by Crippen LogP contribution is 2.15. The minimum Gasteiger partial charge on any atom is -0.399 e. The Hall–Kier alpha value is -2.94. The monoisotopic (exact) mass is 288 g/mol. The third-order valence-electron chi connectivity index (χ3n) is 3.47. The number of nitrogens with zero attached hydrogens (tertiary/aromatic N) is 1. The highest BCUT2D eigenvalue weighted by molar-refractivity contribution is 6.09. The van der Waals surface area contributed by atoms with Gasteiger partial charge in [0.25, 0.3) is 0 Å². The number of benzene rings is 2. The van der Waals surface area contributed by atoms with Crippen LogP contribution in [0.4, 0.5) is 5.69 Å². The molecule has 0 saturated heterocycles. The quantitative estimate of drug-likeness (QED) is 0.590. The lowest BCUT2D eigenvalue weighted by molar-refractivity contribution is 0.103. The molecule has 0 aliphatic rings. The van der Waals surface area contributed by atoms with Crippen LogP contribution in [0.2, 0.25) is 0 Å². The van der Waals surface area contributed by atoms with Gasteiger partial charge in [-0.3, -0.25) is 9.78 Å². The number of hydrogen-bond acceptors (Lipinski definition) is 3. The van der Waals surface area contributed by atoms with Crippen LogP contribution in [0.1, 0.15) is 27.2 Å². The Bertz CT molecular complexity index is 780. The fourth-order valence-corrected chi connectivity index (χ4v) is 2.34. The number of hydrogen-bond donors (Lipinski definition) is 1. The van der Waals surface area contributed by atoms with Gasteiger partial charge in [0.1, 0.15) is 0 Å². The molecule has 0 aliphatic heterocycles. The zero-order valence-corrected chi connectivity index (χ0v) is 12.1. The van der Waals surface area contributed by atoms with Gasteiger partial charge in [-0.1, -0.05) is 24.3 Å². The fourth-order valence-electron chi connectivity index (χ4n) is 2.34. The van der Waals surface area contributed by atoms with Crippen molar-refractivity contribution in [3.8, 4) is 0 Å².